The fourth-order valence-electron chi connectivity index (χ4n) is 1.96. The quantitative estimate of drug-likeness (QED) is 0.824. The fourth-order valence-corrected chi connectivity index (χ4v) is 1.96. The second kappa shape index (κ2) is 7.67. The number of hydrogen-bond donors (Lipinski definition) is 1. The largest absolute Gasteiger partial charge is 0.497 e. The molecule has 1 amide bonds. The molecule has 0 aromatic heterocycles. The van der Waals surface area contributed by atoms with Gasteiger partial charge in [-0.05, 0) is 30.5 Å². The molecule has 1 aromatic rings. The van der Waals surface area contributed by atoms with Gasteiger partial charge in [-0.3, -0.25) is 4.79 Å². The van der Waals surface area contributed by atoms with Crippen LogP contribution in [-0.2, 0) is 11.3 Å². The van der Waals surface area contributed by atoms with Crippen molar-refractivity contribution in [1.82, 2.24) is 5.32 Å². The number of nitrogens with one attached hydrogen (secondary N) is 1. The molecule has 0 radical (unpaired) electrons. The lowest BCUT2D eigenvalue weighted by atomic mass is 10.0. The summed E-state index contributed by atoms with van der Waals surface area (Å²) in [5.41, 5.74) is 0.968. The normalized spacial score (nSPS) is 10.4. The van der Waals surface area contributed by atoms with E-state index in [4.69, 9.17) is 9.47 Å². The van der Waals surface area contributed by atoms with E-state index in [9.17, 15) is 4.79 Å². The minimum Gasteiger partial charge on any atom is -0.497 e. The van der Waals surface area contributed by atoms with Crippen LogP contribution in [0.4, 0.5) is 0 Å². The van der Waals surface area contributed by atoms with E-state index in [-0.39, 0.29) is 11.8 Å². The summed E-state index contributed by atoms with van der Waals surface area (Å²) in [4.78, 5) is 11.9. The van der Waals surface area contributed by atoms with Crippen LogP contribution in [0.15, 0.2) is 18.2 Å². The summed E-state index contributed by atoms with van der Waals surface area (Å²) in [5.74, 6) is 1.65. The molecule has 0 spiro atoms. The van der Waals surface area contributed by atoms with Gasteiger partial charge >= 0.3 is 0 Å². The lowest BCUT2D eigenvalue weighted by molar-refractivity contribution is -0.125. The molecule has 0 unspecified atom stereocenters. The molecule has 4 nitrogen and oxygen atoms in total. The van der Waals surface area contributed by atoms with Crippen molar-refractivity contribution in [2.75, 3.05) is 14.2 Å². The van der Waals surface area contributed by atoms with Crippen molar-refractivity contribution < 1.29 is 14.3 Å². The first-order valence-corrected chi connectivity index (χ1v) is 6.64. The van der Waals surface area contributed by atoms with Gasteiger partial charge in [0.2, 0.25) is 5.91 Å². The molecule has 4 heteroatoms. The first-order valence-electron chi connectivity index (χ1n) is 6.64. The van der Waals surface area contributed by atoms with Crippen LogP contribution in [0.25, 0.3) is 0 Å². The maximum absolute atomic E-state index is 11.9. The van der Waals surface area contributed by atoms with Gasteiger partial charge in [0.25, 0.3) is 0 Å². The summed E-state index contributed by atoms with van der Waals surface area (Å²) in [6.07, 6.45) is 1.73. The molecule has 106 valence electrons. The third-order valence-corrected chi connectivity index (χ3v) is 3.23. The van der Waals surface area contributed by atoms with Gasteiger partial charge in [-0.1, -0.05) is 13.8 Å². The number of rotatable bonds is 7. The predicted octanol–water partition coefficient (Wildman–Crippen LogP) is 2.76. The van der Waals surface area contributed by atoms with Gasteiger partial charge in [0.1, 0.15) is 11.5 Å². The van der Waals surface area contributed by atoms with E-state index in [2.05, 4.69) is 5.32 Å². The Morgan fingerprint density at radius 2 is 1.63 bits per heavy atom. The van der Waals surface area contributed by atoms with Crippen LogP contribution in [0, 0.1) is 5.92 Å². The molecule has 1 rings (SSSR count). The summed E-state index contributed by atoms with van der Waals surface area (Å²) in [5, 5.41) is 2.95. The third-order valence-electron chi connectivity index (χ3n) is 3.23. The Kier molecular flexibility index (Phi) is 6.19. The molecule has 0 aliphatic rings. The summed E-state index contributed by atoms with van der Waals surface area (Å²) in [6, 6.07) is 5.61. The van der Waals surface area contributed by atoms with Gasteiger partial charge in [-0.25, -0.2) is 0 Å². The zero-order chi connectivity index (χ0) is 14.3. The minimum atomic E-state index is 0.0903. The summed E-state index contributed by atoms with van der Waals surface area (Å²) < 4.78 is 10.4. The van der Waals surface area contributed by atoms with Crippen LogP contribution < -0.4 is 14.8 Å². The minimum absolute atomic E-state index is 0.0903. The Hall–Kier alpha value is -1.71. The smallest absolute Gasteiger partial charge is 0.223 e. The van der Waals surface area contributed by atoms with Crippen molar-refractivity contribution >= 4 is 5.91 Å². The van der Waals surface area contributed by atoms with Crippen molar-refractivity contribution in [3.8, 4) is 11.5 Å². The van der Waals surface area contributed by atoms with Crippen molar-refractivity contribution in [2.24, 2.45) is 5.92 Å². The fraction of sp³-hybridized carbons (Fsp3) is 0.533. The standard InChI is InChI=1S/C15H23NO3/c1-5-12(6-2)15(17)16-10-11-7-13(18-3)9-14(8-11)19-4/h7-9,12H,5-6,10H2,1-4H3,(H,16,17). The van der Waals surface area contributed by atoms with Gasteiger partial charge in [0, 0.05) is 18.5 Å². The lowest BCUT2D eigenvalue weighted by Crippen LogP contribution is -2.29. The summed E-state index contributed by atoms with van der Waals surface area (Å²) in [7, 11) is 3.22. The van der Waals surface area contributed by atoms with Crippen LogP contribution in [0.5, 0.6) is 11.5 Å². The molecule has 0 bridgehead atoms. The van der Waals surface area contributed by atoms with Crippen LogP contribution in [0.3, 0.4) is 0 Å². The Labute approximate surface area is 115 Å². The number of ether oxygens (including phenoxy) is 2. The van der Waals surface area contributed by atoms with E-state index in [0.717, 1.165) is 29.9 Å². The second-order valence-electron chi connectivity index (χ2n) is 4.45. The van der Waals surface area contributed by atoms with Gasteiger partial charge in [0.05, 0.1) is 14.2 Å². The van der Waals surface area contributed by atoms with Crippen molar-refractivity contribution in [3.05, 3.63) is 23.8 Å². The monoisotopic (exact) mass is 265 g/mol. The van der Waals surface area contributed by atoms with Gasteiger partial charge in [0.15, 0.2) is 0 Å². The highest BCUT2D eigenvalue weighted by Crippen LogP contribution is 2.22. The number of carbonyl (C=O) groups excluding carboxylic acids is 1. The zero-order valence-corrected chi connectivity index (χ0v) is 12.2. The number of benzene rings is 1. The molecular weight excluding hydrogens is 242 g/mol. The second-order valence-corrected chi connectivity index (χ2v) is 4.45. The molecule has 0 heterocycles. The predicted molar refractivity (Wildman–Crippen MR) is 75.5 cm³/mol. The molecule has 1 aromatic carbocycles. The lowest BCUT2D eigenvalue weighted by Gasteiger charge is -2.13. The molecular formula is C15H23NO3. The topological polar surface area (TPSA) is 47.6 Å². The van der Waals surface area contributed by atoms with Crippen LogP contribution >= 0.6 is 0 Å². The van der Waals surface area contributed by atoms with E-state index in [1.54, 1.807) is 14.2 Å². The van der Waals surface area contributed by atoms with E-state index in [1.807, 2.05) is 32.0 Å². The average Bonchev–Trinajstić information content (AvgIpc) is 2.45. The molecule has 0 saturated heterocycles. The highest BCUT2D eigenvalue weighted by Gasteiger charge is 2.13. The van der Waals surface area contributed by atoms with Crippen LogP contribution in [-0.4, -0.2) is 20.1 Å². The Morgan fingerprint density at radius 3 is 2.05 bits per heavy atom. The SMILES string of the molecule is CCC(CC)C(=O)NCc1cc(OC)cc(OC)c1. The van der Waals surface area contributed by atoms with Gasteiger partial charge < -0.3 is 14.8 Å². The van der Waals surface area contributed by atoms with Gasteiger partial charge in [-0.2, -0.15) is 0 Å². The number of amides is 1. The number of methoxy groups -OCH3 is 2. The zero-order valence-electron chi connectivity index (χ0n) is 12.2. The Bertz CT molecular complexity index is 392. The number of hydrogen-bond acceptors (Lipinski definition) is 3. The molecule has 0 atom stereocenters. The maximum Gasteiger partial charge on any atom is 0.223 e. The summed E-state index contributed by atoms with van der Waals surface area (Å²) >= 11 is 0. The number of carbonyl (C=O) groups is 1. The molecule has 19 heavy (non-hydrogen) atoms. The highest BCUT2D eigenvalue weighted by atomic mass is 16.5. The van der Waals surface area contributed by atoms with E-state index < -0.39 is 0 Å². The first kappa shape index (κ1) is 15.3. The van der Waals surface area contributed by atoms with E-state index in [0.29, 0.717) is 6.54 Å². The van der Waals surface area contributed by atoms with Crippen molar-refractivity contribution in [2.45, 2.75) is 33.2 Å². The molecule has 0 saturated carbocycles. The summed E-state index contributed by atoms with van der Waals surface area (Å²) in [6.45, 7) is 4.55. The van der Waals surface area contributed by atoms with E-state index >= 15 is 0 Å². The van der Waals surface area contributed by atoms with Gasteiger partial charge in [-0.15, -0.1) is 0 Å². The molecule has 0 aliphatic carbocycles. The third kappa shape index (κ3) is 4.47. The Balaban J connectivity index is 2.69. The average molecular weight is 265 g/mol. The van der Waals surface area contributed by atoms with Crippen LogP contribution in [0.2, 0.25) is 0 Å². The van der Waals surface area contributed by atoms with E-state index in [1.165, 1.54) is 0 Å². The highest BCUT2D eigenvalue weighted by molar-refractivity contribution is 5.78. The maximum atomic E-state index is 11.9. The Morgan fingerprint density at radius 1 is 1.11 bits per heavy atom. The first-order chi connectivity index (χ1) is 9.14. The van der Waals surface area contributed by atoms with Crippen molar-refractivity contribution in [3.63, 3.8) is 0 Å². The molecule has 0 aliphatic heterocycles. The molecule has 0 fully saturated rings. The van der Waals surface area contributed by atoms with Crippen LogP contribution in [0.1, 0.15) is 32.3 Å². The van der Waals surface area contributed by atoms with Crippen molar-refractivity contribution in [1.29, 1.82) is 0 Å². The molecule has 1 N–H and O–H groups in total.